The van der Waals surface area contributed by atoms with Gasteiger partial charge in [-0.2, -0.15) is 0 Å². The summed E-state index contributed by atoms with van der Waals surface area (Å²) in [6, 6.07) is 7.09. The van der Waals surface area contributed by atoms with E-state index < -0.39 is 6.04 Å². The van der Waals surface area contributed by atoms with Crippen LogP contribution in [0.3, 0.4) is 0 Å². The first-order chi connectivity index (χ1) is 9.60. The summed E-state index contributed by atoms with van der Waals surface area (Å²) in [5.74, 6) is 0.572. The van der Waals surface area contributed by atoms with Crippen molar-refractivity contribution in [1.82, 2.24) is 4.98 Å². The Morgan fingerprint density at radius 2 is 2.15 bits per heavy atom. The average Bonchev–Trinajstić information content (AvgIpc) is 2.84. The molecule has 1 aromatic carbocycles. The largest absolute Gasteiger partial charge is 0.495 e. The van der Waals surface area contributed by atoms with Crippen LogP contribution in [-0.2, 0) is 4.79 Å². The average molecular weight is 291 g/mol. The maximum Gasteiger partial charge on any atom is 0.248 e. The fraction of sp³-hybridized carbons (Fsp3) is 0.286. The Hall–Kier alpha value is -2.08. The van der Waals surface area contributed by atoms with E-state index in [4.69, 9.17) is 4.74 Å². The number of aryl methyl sites for hydroxylation is 1. The summed E-state index contributed by atoms with van der Waals surface area (Å²) in [6.45, 7) is 3.69. The van der Waals surface area contributed by atoms with Gasteiger partial charge in [-0.1, -0.05) is 12.1 Å². The van der Waals surface area contributed by atoms with Crippen molar-refractivity contribution in [2.75, 3.05) is 17.7 Å². The number of anilines is 2. The summed E-state index contributed by atoms with van der Waals surface area (Å²) >= 11 is 1.41. The molecule has 0 saturated heterocycles. The highest BCUT2D eigenvalue weighted by Gasteiger charge is 2.15. The molecule has 20 heavy (non-hydrogen) atoms. The molecule has 0 saturated carbocycles. The molecule has 1 amide bonds. The van der Waals surface area contributed by atoms with Gasteiger partial charge in [0.1, 0.15) is 11.8 Å². The fourth-order valence-corrected chi connectivity index (χ4v) is 2.38. The first-order valence-electron chi connectivity index (χ1n) is 6.22. The van der Waals surface area contributed by atoms with E-state index in [9.17, 15) is 4.79 Å². The lowest BCUT2D eigenvalue weighted by molar-refractivity contribution is -0.116. The van der Waals surface area contributed by atoms with E-state index in [1.54, 1.807) is 14.0 Å². The number of thiazole rings is 1. The molecule has 0 fully saturated rings. The van der Waals surface area contributed by atoms with Crippen LogP contribution in [0.1, 0.15) is 12.6 Å². The van der Waals surface area contributed by atoms with Gasteiger partial charge in [-0.25, -0.2) is 4.98 Å². The molecule has 2 aromatic rings. The van der Waals surface area contributed by atoms with Crippen molar-refractivity contribution in [1.29, 1.82) is 0 Å². The van der Waals surface area contributed by atoms with Crippen LogP contribution < -0.4 is 15.4 Å². The van der Waals surface area contributed by atoms with Crippen LogP contribution in [0, 0.1) is 6.92 Å². The van der Waals surface area contributed by atoms with Crippen molar-refractivity contribution >= 4 is 28.1 Å². The molecule has 0 bridgehead atoms. The lowest BCUT2D eigenvalue weighted by Gasteiger charge is -2.16. The smallest absolute Gasteiger partial charge is 0.248 e. The number of benzene rings is 1. The van der Waals surface area contributed by atoms with Gasteiger partial charge in [0.25, 0.3) is 0 Å². The quantitative estimate of drug-likeness (QED) is 0.889. The monoisotopic (exact) mass is 291 g/mol. The maximum atomic E-state index is 12.1. The van der Waals surface area contributed by atoms with E-state index in [1.807, 2.05) is 36.6 Å². The predicted molar refractivity (Wildman–Crippen MR) is 81.6 cm³/mol. The first-order valence-corrected chi connectivity index (χ1v) is 7.10. The zero-order valence-electron chi connectivity index (χ0n) is 11.6. The number of nitrogens with one attached hydrogen (secondary N) is 2. The van der Waals surface area contributed by atoms with E-state index in [1.165, 1.54) is 11.3 Å². The molecule has 5 nitrogen and oxygen atoms in total. The second-order valence-corrected chi connectivity index (χ2v) is 5.21. The van der Waals surface area contributed by atoms with Gasteiger partial charge in [0.05, 0.1) is 18.5 Å². The van der Waals surface area contributed by atoms with Crippen LogP contribution >= 0.6 is 11.3 Å². The molecular formula is C14H17N3O2S. The van der Waals surface area contributed by atoms with Gasteiger partial charge < -0.3 is 15.4 Å². The number of amides is 1. The molecule has 0 radical (unpaired) electrons. The molecule has 0 aliphatic heterocycles. The van der Waals surface area contributed by atoms with Crippen molar-refractivity contribution in [2.45, 2.75) is 19.9 Å². The van der Waals surface area contributed by atoms with E-state index >= 15 is 0 Å². The molecule has 1 aromatic heterocycles. The summed E-state index contributed by atoms with van der Waals surface area (Å²) in [6.07, 6.45) is 0. The highest BCUT2D eigenvalue weighted by Crippen LogP contribution is 2.24. The number of methoxy groups -OCH3 is 1. The van der Waals surface area contributed by atoms with Gasteiger partial charge in [0.15, 0.2) is 5.13 Å². The SMILES string of the molecule is COc1ccccc1N[C@H](C)C(=O)Nc1nc(C)cs1. The van der Waals surface area contributed by atoms with Gasteiger partial charge in [0, 0.05) is 5.38 Å². The molecule has 0 spiro atoms. The Balaban J connectivity index is 2.00. The minimum Gasteiger partial charge on any atom is -0.495 e. The lowest BCUT2D eigenvalue weighted by atomic mass is 10.2. The lowest BCUT2D eigenvalue weighted by Crippen LogP contribution is -2.31. The third kappa shape index (κ3) is 3.48. The van der Waals surface area contributed by atoms with Gasteiger partial charge in [-0.05, 0) is 26.0 Å². The predicted octanol–water partition coefficient (Wildman–Crippen LogP) is 2.90. The van der Waals surface area contributed by atoms with Gasteiger partial charge in [-0.15, -0.1) is 11.3 Å². The Morgan fingerprint density at radius 1 is 1.40 bits per heavy atom. The van der Waals surface area contributed by atoms with Crippen LogP contribution in [0.4, 0.5) is 10.8 Å². The number of para-hydroxylation sites is 2. The van der Waals surface area contributed by atoms with Crippen molar-refractivity contribution in [3.8, 4) is 5.75 Å². The highest BCUT2D eigenvalue weighted by molar-refractivity contribution is 7.13. The van der Waals surface area contributed by atoms with Crippen molar-refractivity contribution < 1.29 is 9.53 Å². The number of rotatable bonds is 5. The minimum atomic E-state index is -0.393. The number of nitrogens with zero attached hydrogens (tertiary/aromatic N) is 1. The molecule has 0 unspecified atom stereocenters. The van der Waals surface area contributed by atoms with Crippen molar-refractivity contribution in [3.05, 3.63) is 35.3 Å². The summed E-state index contributed by atoms with van der Waals surface area (Å²) < 4.78 is 5.24. The number of ether oxygens (including phenoxy) is 1. The van der Waals surface area contributed by atoms with Crippen LogP contribution in [0.25, 0.3) is 0 Å². The summed E-state index contributed by atoms with van der Waals surface area (Å²) in [5, 5.41) is 8.42. The Morgan fingerprint density at radius 3 is 2.80 bits per heavy atom. The van der Waals surface area contributed by atoms with Gasteiger partial charge >= 0.3 is 0 Å². The molecule has 1 heterocycles. The maximum absolute atomic E-state index is 12.1. The van der Waals surface area contributed by atoms with Gasteiger partial charge in [0.2, 0.25) is 5.91 Å². The zero-order valence-corrected chi connectivity index (χ0v) is 12.5. The second kappa shape index (κ2) is 6.38. The third-order valence-corrected chi connectivity index (χ3v) is 3.60. The summed E-state index contributed by atoms with van der Waals surface area (Å²) in [4.78, 5) is 16.3. The second-order valence-electron chi connectivity index (χ2n) is 4.35. The minimum absolute atomic E-state index is 0.134. The Labute approximate surface area is 122 Å². The highest BCUT2D eigenvalue weighted by atomic mass is 32.1. The summed E-state index contributed by atoms with van der Waals surface area (Å²) in [5.41, 5.74) is 1.68. The van der Waals surface area contributed by atoms with E-state index in [0.29, 0.717) is 10.9 Å². The molecule has 1 atom stereocenters. The van der Waals surface area contributed by atoms with E-state index in [-0.39, 0.29) is 5.91 Å². The van der Waals surface area contributed by atoms with Crippen molar-refractivity contribution in [2.24, 2.45) is 0 Å². The molecule has 0 aliphatic carbocycles. The summed E-state index contributed by atoms with van der Waals surface area (Å²) in [7, 11) is 1.60. The third-order valence-electron chi connectivity index (χ3n) is 2.72. The number of carbonyl (C=O) groups excluding carboxylic acids is 1. The number of aromatic nitrogens is 1. The first kappa shape index (κ1) is 14.3. The molecule has 6 heteroatoms. The van der Waals surface area contributed by atoms with Crippen LogP contribution in [0.5, 0.6) is 5.75 Å². The fourth-order valence-electron chi connectivity index (χ4n) is 1.69. The zero-order chi connectivity index (χ0) is 14.5. The molecule has 2 rings (SSSR count). The topological polar surface area (TPSA) is 63.2 Å². The number of hydrogen-bond donors (Lipinski definition) is 2. The van der Waals surface area contributed by atoms with Crippen LogP contribution in [0.15, 0.2) is 29.6 Å². The Kier molecular flexibility index (Phi) is 4.57. The number of hydrogen-bond acceptors (Lipinski definition) is 5. The Bertz CT molecular complexity index is 598. The van der Waals surface area contributed by atoms with Crippen LogP contribution in [0.2, 0.25) is 0 Å². The standard InChI is InChI=1S/C14H17N3O2S/c1-9-8-20-14(15-9)17-13(18)10(2)16-11-6-4-5-7-12(11)19-3/h4-8,10,16H,1-3H3,(H,15,17,18)/t10-/m1/s1. The molecule has 0 aliphatic rings. The molecule has 2 N–H and O–H groups in total. The molecule has 106 valence electrons. The van der Waals surface area contributed by atoms with E-state index in [0.717, 1.165) is 11.4 Å². The normalized spacial score (nSPS) is 11.8. The van der Waals surface area contributed by atoms with Crippen LogP contribution in [-0.4, -0.2) is 24.0 Å². The van der Waals surface area contributed by atoms with E-state index in [2.05, 4.69) is 15.6 Å². The number of carbonyl (C=O) groups is 1. The molecular weight excluding hydrogens is 274 g/mol. The van der Waals surface area contributed by atoms with Crippen molar-refractivity contribution in [3.63, 3.8) is 0 Å². The van der Waals surface area contributed by atoms with Gasteiger partial charge in [-0.3, -0.25) is 4.79 Å².